The summed E-state index contributed by atoms with van der Waals surface area (Å²) in [5, 5.41) is 42.9. The zero-order valence-electron chi connectivity index (χ0n) is 67.5. The number of phenols is 3. The van der Waals surface area contributed by atoms with Crippen LogP contribution in [0.25, 0.3) is 179 Å². The van der Waals surface area contributed by atoms with Gasteiger partial charge in [-0.2, -0.15) is 0 Å². The predicted molar refractivity (Wildman–Crippen MR) is 517 cm³/mol. The van der Waals surface area contributed by atoms with Crippen molar-refractivity contribution in [2.75, 3.05) is 0 Å². The Morgan fingerprint density at radius 3 is 0.613 bits per heavy atom. The largest absolute Gasteiger partial charge is 0.508 e. The van der Waals surface area contributed by atoms with Crippen molar-refractivity contribution < 1.29 is 15.3 Å². The lowest BCUT2D eigenvalue weighted by atomic mass is 9.64. The second-order valence-corrected chi connectivity index (χ2v) is 33.5. The van der Waals surface area contributed by atoms with Crippen LogP contribution < -0.4 is 0 Å². The number of benzene rings is 20. The Labute approximate surface area is 719 Å². The maximum absolute atomic E-state index is 11.1. The van der Waals surface area contributed by atoms with E-state index in [1.807, 2.05) is 18.2 Å². The van der Waals surface area contributed by atoms with E-state index in [4.69, 9.17) is 0 Å². The van der Waals surface area contributed by atoms with E-state index < -0.39 is 5.41 Å². The van der Waals surface area contributed by atoms with Gasteiger partial charge in [0.05, 0.1) is 5.41 Å². The molecule has 124 heavy (non-hydrogen) atoms. The lowest BCUT2D eigenvalue weighted by Crippen LogP contribution is -2.31. The molecule has 4 aliphatic carbocycles. The third-order valence-electron chi connectivity index (χ3n) is 26.4. The maximum Gasteiger partial charge on any atom is 0.116 e. The van der Waals surface area contributed by atoms with Crippen LogP contribution >= 0.6 is 0 Å². The van der Waals surface area contributed by atoms with Crippen LogP contribution in [0.1, 0.15) is 89.0 Å². The summed E-state index contributed by atoms with van der Waals surface area (Å²) in [7, 11) is 0. The number of phenolic OH excluding ortho intramolecular Hbond substituents is 3. The van der Waals surface area contributed by atoms with Crippen LogP contribution in [0.4, 0.5) is 0 Å². The van der Waals surface area contributed by atoms with Crippen LogP contribution in [0.15, 0.2) is 419 Å². The van der Waals surface area contributed by atoms with Crippen LogP contribution in [-0.2, 0) is 5.41 Å². The molecule has 0 saturated carbocycles. The minimum absolute atomic E-state index is 0.233. The molecule has 3 nitrogen and oxygen atoms in total. The number of aromatic hydroxyl groups is 3. The lowest BCUT2D eigenvalue weighted by molar-refractivity contribution is 0.474. The fourth-order valence-corrected chi connectivity index (χ4v) is 20.4. The van der Waals surface area contributed by atoms with Crippen molar-refractivity contribution in [2.45, 2.75) is 5.41 Å². The summed E-state index contributed by atoms with van der Waals surface area (Å²) in [4.78, 5) is 0. The van der Waals surface area contributed by atoms with Crippen molar-refractivity contribution in [3.05, 3.63) is 508 Å². The topological polar surface area (TPSA) is 60.7 Å². The second kappa shape index (κ2) is 28.8. The molecule has 0 aromatic heterocycles. The SMILES string of the molecule is Oc1ccc2c(c1)/C(=C\c1ccc3ccccc3c1)c1cc(-c3ccc(C(c4ccc(-c5ccc6c(c5)/C(=C/c5ccc7ccccc7c5)c5cc(O)ccc5-6)cc4)(c4ccc(-c5ccc6c(c5)/C(=C/c5ccc7ccccc7c5)c5cc(O)ccc5-6)cc4)c4ccc(-c5ccc6c(c5)/C(=C/c5ccc7ccccc7c5)c5ccccc5-6)cc4)cc3)ccc1-2. The van der Waals surface area contributed by atoms with Gasteiger partial charge >= 0.3 is 0 Å². The Balaban J connectivity index is 0.675. The Morgan fingerprint density at radius 1 is 0.145 bits per heavy atom. The van der Waals surface area contributed by atoms with Crippen LogP contribution in [0.3, 0.4) is 0 Å². The summed E-state index contributed by atoms with van der Waals surface area (Å²) >= 11 is 0. The van der Waals surface area contributed by atoms with Gasteiger partial charge < -0.3 is 15.3 Å². The molecule has 578 valence electrons. The fraction of sp³-hybridized carbons (Fsp3) is 0.00826. The van der Waals surface area contributed by atoms with Gasteiger partial charge in [-0.3, -0.25) is 0 Å². The fourth-order valence-electron chi connectivity index (χ4n) is 20.4. The van der Waals surface area contributed by atoms with Gasteiger partial charge in [0.1, 0.15) is 17.2 Å². The Morgan fingerprint density at radius 2 is 0.347 bits per heavy atom. The molecule has 3 N–H and O–H groups in total. The van der Waals surface area contributed by atoms with E-state index in [1.165, 1.54) is 70.9 Å². The van der Waals surface area contributed by atoms with E-state index in [0.29, 0.717) is 0 Å². The van der Waals surface area contributed by atoms with Crippen LogP contribution in [0.5, 0.6) is 17.2 Å². The molecule has 0 atom stereocenters. The summed E-state index contributed by atoms with van der Waals surface area (Å²) in [6.45, 7) is 0. The molecular formula is C121H76O3. The highest BCUT2D eigenvalue weighted by Crippen LogP contribution is 2.55. The normalized spacial score (nSPS) is 14.0. The van der Waals surface area contributed by atoms with Crippen LogP contribution in [0, 0.1) is 0 Å². The summed E-state index contributed by atoms with van der Waals surface area (Å²) in [6.07, 6.45) is 9.20. The van der Waals surface area contributed by atoms with Gasteiger partial charge in [0, 0.05) is 0 Å². The zero-order valence-corrected chi connectivity index (χ0v) is 67.5. The molecule has 0 aliphatic heterocycles. The van der Waals surface area contributed by atoms with Gasteiger partial charge in [0.15, 0.2) is 0 Å². The summed E-state index contributed by atoms with van der Waals surface area (Å²) in [6, 6.07) is 152. The minimum atomic E-state index is -0.935. The van der Waals surface area contributed by atoms with Crippen molar-refractivity contribution >= 4 is 89.7 Å². The molecule has 24 rings (SSSR count). The van der Waals surface area contributed by atoms with Gasteiger partial charge in [0.2, 0.25) is 0 Å². The van der Waals surface area contributed by atoms with E-state index in [2.05, 4.69) is 406 Å². The molecule has 3 heteroatoms. The average molecular weight is 1580 g/mol. The van der Waals surface area contributed by atoms with E-state index in [-0.39, 0.29) is 17.2 Å². The van der Waals surface area contributed by atoms with Crippen molar-refractivity contribution in [1.29, 1.82) is 0 Å². The van der Waals surface area contributed by atoms with E-state index in [1.54, 1.807) is 18.2 Å². The minimum Gasteiger partial charge on any atom is -0.508 e. The number of hydrogen-bond donors (Lipinski definition) is 3. The summed E-state index contributed by atoms with van der Waals surface area (Å²) in [5.41, 5.74) is 38.9. The van der Waals surface area contributed by atoms with E-state index in [0.717, 1.165) is 172 Å². The van der Waals surface area contributed by atoms with Crippen molar-refractivity contribution in [3.63, 3.8) is 0 Å². The maximum atomic E-state index is 11.1. The van der Waals surface area contributed by atoms with Crippen molar-refractivity contribution in [2.24, 2.45) is 0 Å². The number of hydrogen-bond acceptors (Lipinski definition) is 3. The monoisotopic (exact) mass is 1580 g/mol. The summed E-state index contributed by atoms with van der Waals surface area (Å²) in [5.74, 6) is 0.700. The van der Waals surface area contributed by atoms with Crippen molar-refractivity contribution in [3.8, 4) is 106 Å². The molecule has 0 radical (unpaired) electrons. The molecule has 0 unspecified atom stereocenters. The Bertz CT molecular complexity index is 7460. The first-order chi connectivity index (χ1) is 61.1. The molecule has 0 saturated heterocycles. The molecule has 4 aliphatic rings. The number of rotatable bonds is 12. The average Bonchev–Trinajstić information content (AvgIpc) is 1.08. The highest BCUT2D eigenvalue weighted by molar-refractivity contribution is 6.13. The van der Waals surface area contributed by atoms with Gasteiger partial charge in [-0.05, 0) is 353 Å². The standard InChI is InChI=1S/C121H76O3/c122-98-49-56-107-104-53-38-91(68-115(104)111(118(107)71-98)64-75-22-26-79-12-2-6-16-87(79)60-75)83-31-43-95(44-32-83)121(94-41-29-82(30-42-94)90-37-52-103-101-19-9-10-20-102(101)110(114(103)67-90)63-74-21-25-78-11-1-5-15-86(78)59-74,96-45-33-84(34-46-96)92-39-54-105-108-57-50-99(123)72-119(108)112(116(105)69-92)65-76-23-27-80-13-3-7-17-88(80)61-76)97-47-35-85(36-48-97)93-40-55-106-109-58-51-100(124)73-120(109)113(117(106)70-93)66-77-24-28-81-14-4-8-18-89(81)62-77/h1-73,122-124H/b110-63+,111-64-,112-65-,113-66-. The molecule has 0 fully saturated rings. The Hall–Kier alpha value is -16.2. The van der Waals surface area contributed by atoms with Crippen LogP contribution in [-0.4, -0.2) is 15.3 Å². The van der Waals surface area contributed by atoms with Gasteiger partial charge in [-0.15, -0.1) is 0 Å². The van der Waals surface area contributed by atoms with E-state index in [9.17, 15) is 15.3 Å². The number of fused-ring (bicyclic) bond motifs is 16. The first-order valence-electron chi connectivity index (χ1n) is 42.5. The van der Waals surface area contributed by atoms with Crippen molar-refractivity contribution in [1.82, 2.24) is 0 Å². The third-order valence-corrected chi connectivity index (χ3v) is 26.4. The third kappa shape index (κ3) is 12.1. The highest BCUT2D eigenvalue weighted by atomic mass is 16.3. The molecule has 0 heterocycles. The molecular weight excluding hydrogens is 1500 g/mol. The van der Waals surface area contributed by atoms with Gasteiger partial charge in [-0.1, -0.05) is 334 Å². The molecule has 20 aromatic rings. The first-order valence-corrected chi connectivity index (χ1v) is 42.5. The molecule has 0 amide bonds. The van der Waals surface area contributed by atoms with E-state index >= 15 is 0 Å². The Kier molecular flexibility index (Phi) is 16.7. The lowest BCUT2D eigenvalue weighted by Gasteiger charge is -2.37. The zero-order chi connectivity index (χ0) is 82.3. The van der Waals surface area contributed by atoms with Gasteiger partial charge in [0.25, 0.3) is 0 Å². The molecule has 0 spiro atoms. The molecule has 20 aromatic carbocycles. The smallest absolute Gasteiger partial charge is 0.116 e. The van der Waals surface area contributed by atoms with Crippen LogP contribution in [0.2, 0.25) is 0 Å². The van der Waals surface area contributed by atoms with Gasteiger partial charge in [-0.25, -0.2) is 0 Å². The second-order valence-electron chi connectivity index (χ2n) is 33.5. The quantitative estimate of drug-likeness (QED) is 0.107. The predicted octanol–water partition coefficient (Wildman–Crippen LogP) is 30.7. The summed E-state index contributed by atoms with van der Waals surface area (Å²) < 4.78 is 0. The first kappa shape index (κ1) is 71.9. The molecule has 0 bridgehead atoms. The highest BCUT2D eigenvalue weighted by Gasteiger charge is 2.40.